The first-order valence-electron chi connectivity index (χ1n) is 6.50. The van der Waals surface area contributed by atoms with Crippen LogP contribution in [0.1, 0.15) is 30.6 Å². The van der Waals surface area contributed by atoms with Crippen molar-refractivity contribution >= 4 is 11.7 Å². The third-order valence-electron chi connectivity index (χ3n) is 2.73. The summed E-state index contributed by atoms with van der Waals surface area (Å²) >= 11 is 0. The van der Waals surface area contributed by atoms with Crippen molar-refractivity contribution in [2.45, 2.75) is 26.8 Å². The summed E-state index contributed by atoms with van der Waals surface area (Å²) < 4.78 is 6.62. The van der Waals surface area contributed by atoms with Crippen molar-refractivity contribution in [3.8, 4) is 0 Å². The van der Waals surface area contributed by atoms with E-state index in [1.54, 1.807) is 30.1 Å². The van der Waals surface area contributed by atoms with Crippen LogP contribution >= 0.6 is 0 Å². The predicted molar refractivity (Wildman–Crippen MR) is 73.1 cm³/mol. The molecule has 19 heavy (non-hydrogen) atoms. The van der Waals surface area contributed by atoms with Gasteiger partial charge in [-0.05, 0) is 12.5 Å². The van der Waals surface area contributed by atoms with Gasteiger partial charge in [-0.25, -0.2) is 0 Å². The maximum atomic E-state index is 11.8. The minimum Gasteiger partial charge on any atom is -0.385 e. The topological polar surface area (TPSA) is 60.3 Å². The van der Waals surface area contributed by atoms with Crippen LogP contribution in [0.2, 0.25) is 0 Å². The molecule has 0 fully saturated rings. The number of nitrogens with zero attached hydrogens (tertiary/aromatic N) is 1. The van der Waals surface area contributed by atoms with Gasteiger partial charge in [0, 0.05) is 44.1 Å². The van der Waals surface area contributed by atoms with E-state index in [2.05, 4.69) is 5.32 Å². The van der Waals surface area contributed by atoms with E-state index < -0.39 is 0 Å². The van der Waals surface area contributed by atoms with Gasteiger partial charge >= 0.3 is 0 Å². The van der Waals surface area contributed by atoms with E-state index in [0.29, 0.717) is 18.7 Å². The van der Waals surface area contributed by atoms with Crippen LogP contribution in [0.5, 0.6) is 0 Å². The number of hydrogen-bond acceptors (Lipinski definition) is 3. The van der Waals surface area contributed by atoms with Crippen molar-refractivity contribution in [1.82, 2.24) is 9.88 Å². The first-order valence-corrected chi connectivity index (χ1v) is 6.50. The summed E-state index contributed by atoms with van der Waals surface area (Å²) in [7, 11) is 1.63. The number of carbonyl (C=O) groups is 2. The molecule has 0 saturated heterocycles. The fourth-order valence-electron chi connectivity index (χ4n) is 1.68. The molecule has 0 unspecified atom stereocenters. The summed E-state index contributed by atoms with van der Waals surface area (Å²) in [5, 5.41) is 2.80. The van der Waals surface area contributed by atoms with Gasteiger partial charge in [0.25, 0.3) is 0 Å². The van der Waals surface area contributed by atoms with Gasteiger partial charge in [-0.2, -0.15) is 0 Å². The second-order valence-electron chi connectivity index (χ2n) is 4.79. The Labute approximate surface area is 113 Å². The Bertz CT molecular complexity index is 424. The van der Waals surface area contributed by atoms with Crippen LogP contribution < -0.4 is 5.32 Å². The second kappa shape index (κ2) is 7.74. The second-order valence-corrected chi connectivity index (χ2v) is 4.79. The van der Waals surface area contributed by atoms with E-state index in [1.807, 2.05) is 13.8 Å². The van der Waals surface area contributed by atoms with E-state index in [4.69, 9.17) is 4.74 Å². The number of hydrogen-bond donors (Lipinski definition) is 1. The molecule has 5 nitrogen and oxygen atoms in total. The molecule has 0 aliphatic carbocycles. The van der Waals surface area contributed by atoms with Crippen LogP contribution in [-0.4, -0.2) is 36.5 Å². The molecule has 0 aliphatic heterocycles. The molecule has 0 aliphatic rings. The number of methoxy groups -OCH3 is 1. The number of ether oxygens (including phenoxy) is 1. The summed E-state index contributed by atoms with van der Waals surface area (Å²) in [5.74, 6) is 0.00761. The number of aromatic nitrogens is 1. The third kappa shape index (κ3) is 5.26. The van der Waals surface area contributed by atoms with Gasteiger partial charge in [0.15, 0.2) is 5.78 Å². The zero-order valence-electron chi connectivity index (χ0n) is 11.8. The number of carbonyl (C=O) groups excluding carboxylic acids is 2. The summed E-state index contributed by atoms with van der Waals surface area (Å²) in [5.41, 5.74) is 0.655. The predicted octanol–water partition coefficient (Wildman–Crippen LogP) is 1.48. The fraction of sp³-hybridized carbons (Fsp3) is 0.571. The zero-order valence-corrected chi connectivity index (χ0v) is 11.8. The van der Waals surface area contributed by atoms with Crippen LogP contribution in [0.3, 0.4) is 0 Å². The van der Waals surface area contributed by atoms with Crippen molar-refractivity contribution in [2.75, 3.05) is 20.3 Å². The average Bonchev–Trinajstić information content (AvgIpc) is 2.82. The quantitative estimate of drug-likeness (QED) is 0.572. The number of rotatable bonds is 8. The molecule has 1 N–H and O–H groups in total. The lowest BCUT2D eigenvalue weighted by atomic mass is 10.0. The lowest BCUT2D eigenvalue weighted by molar-refractivity contribution is -0.121. The smallest absolute Gasteiger partial charge is 0.239 e. The first kappa shape index (κ1) is 15.4. The highest BCUT2D eigenvalue weighted by molar-refractivity contribution is 5.97. The zero-order chi connectivity index (χ0) is 14.3. The van der Waals surface area contributed by atoms with E-state index in [1.165, 1.54) is 0 Å². The van der Waals surface area contributed by atoms with E-state index in [9.17, 15) is 9.59 Å². The molecule has 0 saturated carbocycles. The summed E-state index contributed by atoms with van der Waals surface area (Å²) in [6.07, 6.45) is 4.27. The Morgan fingerprint density at radius 3 is 2.79 bits per heavy atom. The Balaban J connectivity index is 2.41. The fourth-order valence-corrected chi connectivity index (χ4v) is 1.68. The normalized spacial score (nSPS) is 10.7. The Morgan fingerprint density at radius 2 is 2.16 bits per heavy atom. The number of nitrogens with one attached hydrogen (secondary N) is 1. The Morgan fingerprint density at radius 1 is 1.42 bits per heavy atom. The highest BCUT2D eigenvalue weighted by atomic mass is 16.5. The lowest BCUT2D eigenvalue weighted by Gasteiger charge is -2.05. The van der Waals surface area contributed by atoms with E-state index >= 15 is 0 Å². The summed E-state index contributed by atoms with van der Waals surface area (Å²) in [6.45, 7) is 5.20. The summed E-state index contributed by atoms with van der Waals surface area (Å²) in [4.78, 5) is 23.4. The highest BCUT2D eigenvalue weighted by Crippen LogP contribution is 2.08. The van der Waals surface area contributed by atoms with Gasteiger partial charge < -0.3 is 14.6 Å². The van der Waals surface area contributed by atoms with E-state index in [-0.39, 0.29) is 24.2 Å². The van der Waals surface area contributed by atoms with Gasteiger partial charge in [0.1, 0.15) is 6.54 Å². The van der Waals surface area contributed by atoms with Crippen LogP contribution in [0.4, 0.5) is 0 Å². The standard InChI is InChI=1S/C14H22N2O3/c1-11(2)14(18)12-5-7-16(9-12)10-13(17)15-6-4-8-19-3/h5,7,9,11H,4,6,8,10H2,1-3H3,(H,15,17). The van der Waals surface area contributed by atoms with Crippen molar-refractivity contribution < 1.29 is 14.3 Å². The third-order valence-corrected chi connectivity index (χ3v) is 2.73. The van der Waals surface area contributed by atoms with Gasteiger partial charge in [-0.15, -0.1) is 0 Å². The van der Waals surface area contributed by atoms with Crippen molar-refractivity contribution in [2.24, 2.45) is 5.92 Å². The maximum Gasteiger partial charge on any atom is 0.239 e. The molecule has 1 aromatic heterocycles. The van der Waals surface area contributed by atoms with Crippen LogP contribution in [0, 0.1) is 5.92 Å². The maximum absolute atomic E-state index is 11.8. The molecule has 0 bridgehead atoms. The Kier molecular flexibility index (Phi) is 6.29. The van der Waals surface area contributed by atoms with Gasteiger partial charge in [0.2, 0.25) is 5.91 Å². The van der Waals surface area contributed by atoms with Crippen molar-refractivity contribution in [1.29, 1.82) is 0 Å². The molecule has 1 amide bonds. The lowest BCUT2D eigenvalue weighted by Crippen LogP contribution is -2.28. The summed E-state index contributed by atoms with van der Waals surface area (Å²) in [6, 6.07) is 1.75. The van der Waals surface area contributed by atoms with Crippen LogP contribution in [0.15, 0.2) is 18.5 Å². The van der Waals surface area contributed by atoms with Crippen LogP contribution in [0.25, 0.3) is 0 Å². The molecular weight excluding hydrogens is 244 g/mol. The minimum atomic E-state index is -0.0600. The first-order chi connectivity index (χ1) is 9.04. The molecule has 1 heterocycles. The van der Waals surface area contributed by atoms with Crippen LogP contribution in [-0.2, 0) is 16.1 Å². The molecule has 1 rings (SSSR count). The van der Waals surface area contributed by atoms with Crippen molar-refractivity contribution in [3.63, 3.8) is 0 Å². The molecule has 106 valence electrons. The minimum absolute atomic E-state index is 0.0290. The SMILES string of the molecule is COCCCNC(=O)Cn1ccc(C(=O)C(C)C)c1. The molecule has 5 heteroatoms. The molecular formula is C14H22N2O3. The number of ketones is 1. The molecule has 0 atom stereocenters. The number of Topliss-reactive ketones (excluding diaryl/α,β-unsaturated/α-hetero) is 1. The van der Waals surface area contributed by atoms with Gasteiger partial charge in [-0.3, -0.25) is 9.59 Å². The molecule has 0 radical (unpaired) electrons. The molecule has 0 spiro atoms. The van der Waals surface area contributed by atoms with E-state index in [0.717, 1.165) is 6.42 Å². The average molecular weight is 266 g/mol. The molecule has 0 aromatic carbocycles. The van der Waals surface area contributed by atoms with Gasteiger partial charge in [-0.1, -0.05) is 13.8 Å². The van der Waals surface area contributed by atoms with Gasteiger partial charge in [0.05, 0.1) is 0 Å². The molecule has 1 aromatic rings. The Hall–Kier alpha value is -1.62. The highest BCUT2D eigenvalue weighted by Gasteiger charge is 2.12. The van der Waals surface area contributed by atoms with Crippen molar-refractivity contribution in [3.05, 3.63) is 24.0 Å². The monoisotopic (exact) mass is 266 g/mol. The largest absolute Gasteiger partial charge is 0.385 e. The number of amides is 1.